The van der Waals surface area contributed by atoms with Gasteiger partial charge in [-0.2, -0.15) is 0 Å². The Balaban J connectivity index is 1.67. The number of amides is 1. The van der Waals surface area contributed by atoms with Crippen molar-refractivity contribution in [2.24, 2.45) is 0 Å². The van der Waals surface area contributed by atoms with E-state index in [9.17, 15) is 4.79 Å². The number of likely N-dealkylation sites (tertiary alicyclic amines) is 1. The zero-order valence-corrected chi connectivity index (χ0v) is 8.79. The molecule has 0 unspecified atom stereocenters. The smallest absolute Gasteiger partial charge is 0.287 e. The van der Waals surface area contributed by atoms with Gasteiger partial charge in [0.1, 0.15) is 0 Å². The molecule has 2 rings (SSSR count). The van der Waals surface area contributed by atoms with Gasteiger partial charge in [-0.15, -0.1) is 0 Å². The zero-order valence-electron chi connectivity index (χ0n) is 8.79. The Morgan fingerprint density at radius 3 is 2.93 bits per heavy atom. The molecule has 1 aliphatic rings. The number of hydrogen-bond donors (Lipinski definition) is 2. The van der Waals surface area contributed by atoms with E-state index in [0.29, 0.717) is 5.76 Å². The summed E-state index contributed by atoms with van der Waals surface area (Å²) in [5, 5.41) is 2.86. The number of nitrogens with one attached hydrogen (secondary N) is 2. The first-order chi connectivity index (χ1) is 7.36. The van der Waals surface area contributed by atoms with Crippen LogP contribution in [0.3, 0.4) is 0 Å². The number of furan rings is 1. The summed E-state index contributed by atoms with van der Waals surface area (Å²) >= 11 is 0. The van der Waals surface area contributed by atoms with Gasteiger partial charge in [0.2, 0.25) is 0 Å². The first kappa shape index (κ1) is 10.2. The monoisotopic (exact) mass is 209 g/mol. The molecular weight excluding hydrogens is 192 g/mol. The van der Waals surface area contributed by atoms with Crippen LogP contribution in [0.25, 0.3) is 0 Å². The highest BCUT2D eigenvalue weighted by molar-refractivity contribution is 5.91. The lowest BCUT2D eigenvalue weighted by molar-refractivity contribution is -0.886. The third kappa shape index (κ3) is 2.83. The van der Waals surface area contributed by atoms with Crippen LogP contribution in [0, 0.1) is 0 Å². The Kier molecular flexibility index (Phi) is 3.40. The predicted molar refractivity (Wildman–Crippen MR) is 55.8 cm³/mol. The van der Waals surface area contributed by atoms with E-state index in [2.05, 4.69) is 5.32 Å². The molecule has 4 nitrogen and oxygen atoms in total. The number of rotatable bonds is 4. The number of quaternary nitrogens is 1. The van der Waals surface area contributed by atoms with Gasteiger partial charge in [0, 0.05) is 12.8 Å². The van der Waals surface area contributed by atoms with E-state index in [4.69, 9.17) is 4.42 Å². The van der Waals surface area contributed by atoms with Crippen LogP contribution in [0.5, 0.6) is 0 Å². The molecule has 0 aliphatic carbocycles. The molecule has 82 valence electrons. The van der Waals surface area contributed by atoms with Crippen LogP contribution in [0.1, 0.15) is 23.4 Å². The van der Waals surface area contributed by atoms with Gasteiger partial charge in [0.05, 0.1) is 32.4 Å². The Morgan fingerprint density at radius 2 is 2.27 bits per heavy atom. The van der Waals surface area contributed by atoms with Crippen molar-refractivity contribution < 1.29 is 14.1 Å². The molecule has 0 atom stereocenters. The summed E-state index contributed by atoms with van der Waals surface area (Å²) in [5.74, 6) is 0.282. The predicted octanol–water partition coefficient (Wildman–Crippen LogP) is -0.312. The van der Waals surface area contributed by atoms with Crippen molar-refractivity contribution in [1.29, 1.82) is 0 Å². The van der Waals surface area contributed by atoms with Crippen LogP contribution in [0.15, 0.2) is 22.8 Å². The normalized spacial score (nSPS) is 16.8. The Hall–Kier alpha value is -1.29. The number of carbonyl (C=O) groups excluding carboxylic acids is 1. The highest BCUT2D eigenvalue weighted by atomic mass is 16.3. The van der Waals surface area contributed by atoms with E-state index in [1.165, 1.54) is 32.2 Å². The molecule has 0 radical (unpaired) electrons. The molecule has 0 saturated carbocycles. The highest BCUT2D eigenvalue weighted by Gasteiger charge is 2.15. The maximum Gasteiger partial charge on any atom is 0.287 e. The summed E-state index contributed by atoms with van der Waals surface area (Å²) < 4.78 is 5.00. The number of carbonyl (C=O) groups is 1. The molecule has 1 aliphatic heterocycles. The van der Waals surface area contributed by atoms with E-state index in [1.807, 2.05) is 0 Å². The van der Waals surface area contributed by atoms with Gasteiger partial charge >= 0.3 is 0 Å². The Bertz CT molecular complexity index is 302. The first-order valence-corrected chi connectivity index (χ1v) is 5.51. The summed E-state index contributed by atoms with van der Waals surface area (Å²) in [7, 11) is 0. The quantitative estimate of drug-likeness (QED) is 0.714. The fraction of sp³-hybridized carbons (Fsp3) is 0.545. The van der Waals surface area contributed by atoms with Crippen molar-refractivity contribution in [3.05, 3.63) is 24.2 Å². The van der Waals surface area contributed by atoms with Crippen LogP contribution < -0.4 is 10.2 Å². The molecule has 4 heteroatoms. The standard InChI is InChI=1S/C11H16N2O2/c14-11(10-4-3-9-15-10)12-5-8-13-6-1-2-7-13/h3-4,9H,1-2,5-8H2,(H,12,14)/p+1. The van der Waals surface area contributed by atoms with Crippen molar-refractivity contribution in [3.63, 3.8) is 0 Å². The van der Waals surface area contributed by atoms with Gasteiger partial charge in [-0.3, -0.25) is 4.79 Å². The second-order valence-electron chi connectivity index (χ2n) is 3.94. The lowest BCUT2D eigenvalue weighted by Gasteiger charge is -2.11. The van der Waals surface area contributed by atoms with E-state index >= 15 is 0 Å². The lowest BCUT2D eigenvalue weighted by atomic mass is 10.4. The highest BCUT2D eigenvalue weighted by Crippen LogP contribution is 1.98. The SMILES string of the molecule is O=C(NCC[NH+]1CCCC1)c1ccco1. The van der Waals surface area contributed by atoms with Gasteiger partial charge in [-0.25, -0.2) is 0 Å². The molecule has 1 fully saturated rings. The van der Waals surface area contributed by atoms with Crippen LogP contribution >= 0.6 is 0 Å². The first-order valence-electron chi connectivity index (χ1n) is 5.51. The third-order valence-electron chi connectivity index (χ3n) is 2.82. The van der Waals surface area contributed by atoms with Crippen LogP contribution in [-0.4, -0.2) is 32.1 Å². The van der Waals surface area contributed by atoms with Gasteiger partial charge in [-0.05, 0) is 12.1 Å². The lowest BCUT2D eigenvalue weighted by Crippen LogP contribution is -3.10. The topological polar surface area (TPSA) is 46.7 Å². The van der Waals surface area contributed by atoms with E-state index < -0.39 is 0 Å². The molecule has 1 aromatic heterocycles. The maximum atomic E-state index is 11.5. The molecule has 0 aromatic carbocycles. The largest absolute Gasteiger partial charge is 0.459 e. The minimum atomic E-state index is -0.112. The van der Waals surface area contributed by atoms with Gasteiger partial charge in [-0.1, -0.05) is 0 Å². The van der Waals surface area contributed by atoms with E-state index in [-0.39, 0.29) is 5.91 Å². The molecule has 0 bridgehead atoms. The molecule has 2 N–H and O–H groups in total. The maximum absolute atomic E-state index is 11.5. The second kappa shape index (κ2) is 4.98. The molecule has 1 aromatic rings. The minimum absolute atomic E-state index is 0.112. The minimum Gasteiger partial charge on any atom is -0.459 e. The molecular formula is C11H17N2O2+. The fourth-order valence-electron chi connectivity index (χ4n) is 1.97. The van der Waals surface area contributed by atoms with Crippen LogP contribution in [0.2, 0.25) is 0 Å². The van der Waals surface area contributed by atoms with Crippen LogP contribution in [0.4, 0.5) is 0 Å². The summed E-state index contributed by atoms with van der Waals surface area (Å²) in [6, 6.07) is 3.40. The molecule has 1 saturated heterocycles. The van der Waals surface area contributed by atoms with Crippen molar-refractivity contribution in [3.8, 4) is 0 Å². The molecule has 1 amide bonds. The fourth-order valence-corrected chi connectivity index (χ4v) is 1.97. The molecule has 2 heterocycles. The molecule has 15 heavy (non-hydrogen) atoms. The third-order valence-corrected chi connectivity index (χ3v) is 2.82. The van der Waals surface area contributed by atoms with Gasteiger partial charge in [0.25, 0.3) is 5.91 Å². The van der Waals surface area contributed by atoms with Crippen molar-refractivity contribution in [2.45, 2.75) is 12.8 Å². The average Bonchev–Trinajstić information content (AvgIpc) is 2.90. The van der Waals surface area contributed by atoms with Crippen molar-refractivity contribution >= 4 is 5.91 Å². The Morgan fingerprint density at radius 1 is 1.47 bits per heavy atom. The second-order valence-corrected chi connectivity index (χ2v) is 3.94. The van der Waals surface area contributed by atoms with E-state index in [1.54, 1.807) is 17.0 Å². The summed E-state index contributed by atoms with van der Waals surface area (Å²) in [4.78, 5) is 13.1. The van der Waals surface area contributed by atoms with Crippen molar-refractivity contribution in [2.75, 3.05) is 26.2 Å². The summed E-state index contributed by atoms with van der Waals surface area (Å²) in [6.07, 6.45) is 4.16. The van der Waals surface area contributed by atoms with E-state index in [0.717, 1.165) is 13.1 Å². The zero-order chi connectivity index (χ0) is 10.5. The summed E-state index contributed by atoms with van der Waals surface area (Å²) in [6.45, 7) is 4.24. The Labute approximate surface area is 89.2 Å². The van der Waals surface area contributed by atoms with Crippen LogP contribution in [-0.2, 0) is 0 Å². The molecule has 0 spiro atoms. The van der Waals surface area contributed by atoms with Gasteiger partial charge in [0.15, 0.2) is 5.76 Å². The number of hydrogen-bond acceptors (Lipinski definition) is 2. The summed E-state index contributed by atoms with van der Waals surface area (Å²) in [5.41, 5.74) is 0. The average molecular weight is 209 g/mol. The van der Waals surface area contributed by atoms with Crippen molar-refractivity contribution in [1.82, 2.24) is 5.32 Å². The van der Waals surface area contributed by atoms with Gasteiger partial charge < -0.3 is 14.6 Å².